The van der Waals surface area contributed by atoms with Crippen LogP contribution in [0.25, 0.3) is 22.5 Å². The molecule has 0 fully saturated rings. The van der Waals surface area contributed by atoms with E-state index in [0.29, 0.717) is 47.2 Å². The van der Waals surface area contributed by atoms with Gasteiger partial charge in [-0.1, -0.05) is 0 Å². The molecule has 1 aromatic carbocycles. The number of phenols is 1. The summed E-state index contributed by atoms with van der Waals surface area (Å²) in [5.41, 5.74) is 5.79. The van der Waals surface area contributed by atoms with Crippen LogP contribution in [-0.4, -0.2) is 20.1 Å². The molecule has 0 saturated carbocycles. The summed E-state index contributed by atoms with van der Waals surface area (Å²) < 4.78 is 5.90. The van der Waals surface area contributed by atoms with Gasteiger partial charge in [-0.25, -0.2) is 4.98 Å². The third-order valence-corrected chi connectivity index (χ3v) is 4.94. The summed E-state index contributed by atoms with van der Waals surface area (Å²) >= 11 is 0. The molecule has 5 rings (SSSR count). The largest absolute Gasteiger partial charge is 0.507 e. The van der Waals surface area contributed by atoms with E-state index < -0.39 is 0 Å². The molecule has 7 nitrogen and oxygen atoms in total. The van der Waals surface area contributed by atoms with Gasteiger partial charge in [0.15, 0.2) is 5.58 Å². The molecular formula is C21H15N5O2. The SMILES string of the molecule is Cc1cc(C#N)cc(O)c1-c1ccc2oc(N3Cc4ccncc4C3)nc2n1. The van der Waals surface area contributed by atoms with Crippen LogP contribution in [0.2, 0.25) is 0 Å². The van der Waals surface area contributed by atoms with Gasteiger partial charge >= 0.3 is 6.01 Å². The predicted molar refractivity (Wildman–Crippen MR) is 102 cm³/mol. The molecule has 0 aliphatic carbocycles. The Morgan fingerprint density at radius 2 is 2.00 bits per heavy atom. The van der Waals surface area contributed by atoms with Crippen molar-refractivity contribution in [3.05, 3.63) is 65.0 Å². The minimum absolute atomic E-state index is 0.0228. The number of pyridine rings is 2. The molecule has 4 aromatic rings. The molecule has 1 N–H and O–H groups in total. The van der Waals surface area contributed by atoms with E-state index in [9.17, 15) is 5.11 Å². The van der Waals surface area contributed by atoms with Gasteiger partial charge in [0.2, 0.25) is 5.65 Å². The van der Waals surface area contributed by atoms with Crippen LogP contribution in [0.4, 0.5) is 6.01 Å². The minimum Gasteiger partial charge on any atom is -0.507 e. The Kier molecular flexibility index (Phi) is 3.52. The van der Waals surface area contributed by atoms with Crippen LogP contribution < -0.4 is 4.90 Å². The third-order valence-electron chi connectivity index (χ3n) is 4.94. The quantitative estimate of drug-likeness (QED) is 0.575. The second kappa shape index (κ2) is 6.06. The number of nitrogens with zero attached hydrogens (tertiary/aromatic N) is 5. The number of rotatable bonds is 2. The van der Waals surface area contributed by atoms with Crippen LogP contribution in [0.1, 0.15) is 22.3 Å². The first kappa shape index (κ1) is 16.3. The summed E-state index contributed by atoms with van der Waals surface area (Å²) in [6.07, 6.45) is 3.65. The van der Waals surface area contributed by atoms with Gasteiger partial charge < -0.3 is 14.4 Å². The maximum absolute atomic E-state index is 10.4. The van der Waals surface area contributed by atoms with Gasteiger partial charge in [-0.3, -0.25) is 4.98 Å². The number of anilines is 1. The Morgan fingerprint density at radius 1 is 1.14 bits per heavy atom. The predicted octanol–water partition coefficient (Wildman–Crippen LogP) is 3.69. The molecule has 0 amide bonds. The van der Waals surface area contributed by atoms with Crippen molar-refractivity contribution in [1.82, 2.24) is 15.0 Å². The topological polar surface area (TPSA) is 99.1 Å². The first-order valence-corrected chi connectivity index (χ1v) is 8.81. The zero-order valence-electron chi connectivity index (χ0n) is 15.0. The Bertz CT molecular complexity index is 1220. The van der Waals surface area contributed by atoms with Gasteiger partial charge in [0.1, 0.15) is 5.75 Å². The van der Waals surface area contributed by atoms with Gasteiger partial charge in [-0.2, -0.15) is 10.2 Å². The Balaban J connectivity index is 1.53. The highest BCUT2D eigenvalue weighted by molar-refractivity contribution is 5.79. The van der Waals surface area contributed by atoms with E-state index >= 15 is 0 Å². The maximum Gasteiger partial charge on any atom is 0.300 e. The summed E-state index contributed by atoms with van der Waals surface area (Å²) in [5.74, 6) is 0.0228. The van der Waals surface area contributed by atoms with Gasteiger partial charge in [0.25, 0.3) is 0 Å². The van der Waals surface area contributed by atoms with Crippen LogP contribution in [0.15, 0.2) is 47.1 Å². The lowest BCUT2D eigenvalue weighted by Gasteiger charge is -2.10. The van der Waals surface area contributed by atoms with Crippen molar-refractivity contribution in [2.45, 2.75) is 20.0 Å². The van der Waals surface area contributed by atoms with E-state index in [2.05, 4.69) is 15.0 Å². The van der Waals surface area contributed by atoms with Crippen LogP contribution in [0.3, 0.4) is 0 Å². The molecule has 0 spiro atoms. The molecule has 4 heterocycles. The first-order valence-electron chi connectivity index (χ1n) is 8.81. The van der Waals surface area contributed by atoms with Crippen molar-refractivity contribution in [3.8, 4) is 23.1 Å². The highest BCUT2D eigenvalue weighted by Gasteiger charge is 2.24. The van der Waals surface area contributed by atoms with Crippen molar-refractivity contribution in [2.24, 2.45) is 0 Å². The number of benzene rings is 1. The van der Waals surface area contributed by atoms with Gasteiger partial charge in [0, 0.05) is 31.0 Å². The average Bonchev–Trinajstić information content (AvgIpc) is 3.30. The minimum atomic E-state index is 0.0228. The Morgan fingerprint density at radius 3 is 2.79 bits per heavy atom. The molecule has 1 aliphatic heterocycles. The average molecular weight is 369 g/mol. The third kappa shape index (κ3) is 2.55. The van der Waals surface area contributed by atoms with E-state index in [1.54, 1.807) is 24.4 Å². The summed E-state index contributed by atoms with van der Waals surface area (Å²) in [5, 5.41) is 19.4. The normalized spacial score (nSPS) is 12.9. The van der Waals surface area contributed by atoms with E-state index in [1.807, 2.05) is 30.2 Å². The lowest BCUT2D eigenvalue weighted by Crippen LogP contribution is -2.14. The van der Waals surface area contributed by atoms with E-state index in [4.69, 9.17) is 9.68 Å². The number of hydrogen-bond acceptors (Lipinski definition) is 7. The molecule has 0 radical (unpaired) electrons. The second-order valence-corrected chi connectivity index (χ2v) is 6.81. The summed E-state index contributed by atoms with van der Waals surface area (Å²) in [6, 6.07) is 11.3. The zero-order valence-corrected chi connectivity index (χ0v) is 15.0. The Hall–Kier alpha value is -3.92. The van der Waals surface area contributed by atoms with Crippen molar-refractivity contribution in [1.29, 1.82) is 5.26 Å². The second-order valence-electron chi connectivity index (χ2n) is 6.81. The number of oxazole rings is 1. The molecule has 28 heavy (non-hydrogen) atoms. The molecular weight excluding hydrogens is 354 g/mol. The molecule has 1 aliphatic rings. The lowest BCUT2D eigenvalue weighted by molar-refractivity contribution is 0.476. The molecule has 0 unspecified atom stereocenters. The molecule has 3 aromatic heterocycles. The summed E-state index contributed by atoms with van der Waals surface area (Å²) in [7, 11) is 0. The van der Waals surface area contributed by atoms with Crippen LogP contribution in [-0.2, 0) is 13.1 Å². The molecule has 7 heteroatoms. The van der Waals surface area contributed by atoms with Crippen molar-refractivity contribution in [2.75, 3.05) is 4.90 Å². The summed E-state index contributed by atoms with van der Waals surface area (Å²) in [4.78, 5) is 15.3. The number of aromatic nitrogens is 3. The number of aryl methyl sites for hydroxylation is 1. The summed E-state index contributed by atoms with van der Waals surface area (Å²) in [6.45, 7) is 3.25. The maximum atomic E-state index is 10.4. The fraction of sp³-hybridized carbons (Fsp3) is 0.143. The van der Waals surface area contributed by atoms with Gasteiger partial charge in [-0.05, 0) is 53.9 Å². The number of aromatic hydroxyl groups is 1. The van der Waals surface area contributed by atoms with E-state index in [-0.39, 0.29) is 5.75 Å². The number of fused-ring (bicyclic) bond motifs is 2. The van der Waals surface area contributed by atoms with Crippen molar-refractivity contribution in [3.63, 3.8) is 0 Å². The number of nitriles is 1. The fourth-order valence-electron chi connectivity index (χ4n) is 3.60. The number of phenolic OH excluding ortho intramolecular Hbond substituents is 1. The van der Waals surface area contributed by atoms with Crippen LogP contribution in [0.5, 0.6) is 5.75 Å². The molecule has 136 valence electrons. The van der Waals surface area contributed by atoms with Gasteiger partial charge in [-0.15, -0.1) is 0 Å². The highest BCUT2D eigenvalue weighted by Crippen LogP contribution is 2.34. The Labute approximate surface area is 160 Å². The van der Waals surface area contributed by atoms with E-state index in [1.165, 1.54) is 11.6 Å². The van der Waals surface area contributed by atoms with Crippen molar-refractivity contribution >= 4 is 17.2 Å². The van der Waals surface area contributed by atoms with Crippen LogP contribution >= 0.6 is 0 Å². The first-order chi connectivity index (χ1) is 13.6. The highest BCUT2D eigenvalue weighted by atomic mass is 16.4. The standard InChI is InChI=1S/C21H15N5O2/c1-12-6-13(8-22)7-17(27)19(12)16-2-3-18-20(24-16)25-21(28-18)26-10-14-4-5-23-9-15(14)11-26/h2-7,9,27H,10-11H2,1H3. The monoisotopic (exact) mass is 369 g/mol. The van der Waals surface area contributed by atoms with Crippen LogP contribution in [0, 0.1) is 18.3 Å². The number of hydrogen-bond donors (Lipinski definition) is 1. The van der Waals surface area contributed by atoms with Gasteiger partial charge in [0.05, 0.1) is 17.3 Å². The molecule has 0 saturated heterocycles. The van der Waals surface area contributed by atoms with Crippen molar-refractivity contribution < 1.29 is 9.52 Å². The molecule has 0 bridgehead atoms. The van der Waals surface area contributed by atoms with E-state index in [0.717, 1.165) is 11.1 Å². The zero-order chi connectivity index (χ0) is 19.3. The smallest absolute Gasteiger partial charge is 0.300 e. The fourth-order valence-corrected chi connectivity index (χ4v) is 3.60. The molecule has 0 atom stereocenters. The lowest BCUT2D eigenvalue weighted by atomic mass is 10.0.